The van der Waals surface area contributed by atoms with E-state index in [1.54, 1.807) is 5.38 Å². The van der Waals surface area contributed by atoms with Gasteiger partial charge in [0.05, 0.1) is 12.2 Å². The van der Waals surface area contributed by atoms with E-state index >= 15 is 0 Å². The molecule has 0 N–H and O–H groups in total. The first-order valence-electron chi connectivity index (χ1n) is 8.48. The van der Waals surface area contributed by atoms with Crippen LogP contribution in [0.4, 0.5) is 9.18 Å². The number of halogens is 1. The molecule has 0 radical (unpaired) electrons. The number of thiazole rings is 1. The monoisotopic (exact) mass is 391 g/mol. The molecule has 1 fully saturated rings. The normalized spacial score (nSPS) is 14.4. The molecule has 1 aliphatic rings. The van der Waals surface area contributed by atoms with E-state index in [0.29, 0.717) is 22.9 Å². The summed E-state index contributed by atoms with van der Waals surface area (Å²) in [5.41, 5.74) is 0.504. The van der Waals surface area contributed by atoms with Crippen molar-refractivity contribution < 1.29 is 23.5 Å². The van der Waals surface area contributed by atoms with Gasteiger partial charge in [-0.1, -0.05) is 13.3 Å². The van der Waals surface area contributed by atoms with E-state index in [1.165, 1.54) is 35.6 Å². The first kappa shape index (κ1) is 19.0. The maximum absolute atomic E-state index is 12.9. The van der Waals surface area contributed by atoms with Crippen molar-refractivity contribution in [3.8, 4) is 5.75 Å². The second-order valence-electron chi connectivity index (χ2n) is 5.96. The Morgan fingerprint density at radius 2 is 1.81 bits per heavy atom. The molecule has 1 aliphatic heterocycles. The van der Waals surface area contributed by atoms with Gasteiger partial charge in [0.15, 0.2) is 0 Å². The highest BCUT2D eigenvalue weighted by Crippen LogP contribution is 2.20. The summed E-state index contributed by atoms with van der Waals surface area (Å²) in [7, 11) is 0. The Kier molecular flexibility index (Phi) is 5.80. The number of aromatic nitrogens is 1. The fraction of sp³-hybridized carbons (Fsp3) is 0.333. The molecule has 2 aromatic rings. The lowest BCUT2D eigenvalue weighted by atomic mass is 10.3. The van der Waals surface area contributed by atoms with Gasteiger partial charge in [-0.2, -0.15) is 0 Å². The Bertz CT molecular complexity index is 853. The van der Waals surface area contributed by atoms with Gasteiger partial charge in [-0.3, -0.25) is 14.5 Å². The first-order chi connectivity index (χ1) is 13.0. The predicted octanol–water partition coefficient (Wildman–Crippen LogP) is 2.95. The van der Waals surface area contributed by atoms with Gasteiger partial charge in [0, 0.05) is 11.9 Å². The molecule has 0 spiro atoms. The van der Waals surface area contributed by atoms with Crippen LogP contribution in [-0.2, 0) is 22.7 Å². The average molecular weight is 391 g/mol. The summed E-state index contributed by atoms with van der Waals surface area (Å²) >= 11 is 1.32. The summed E-state index contributed by atoms with van der Waals surface area (Å²) < 4.78 is 18.4. The molecule has 142 valence electrons. The number of hydrogen-bond acceptors (Lipinski definition) is 6. The SMILES string of the molecule is CCCCN1C(=O)C(=O)N(Cc2csc(COc3ccc(F)cc3)n2)C1=O. The molecule has 27 heavy (non-hydrogen) atoms. The number of imide groups is 2. The summed E-state index contributed by atoms with van der Waals surface area (Å²) in [4.78, 5) is 42.6. The third kappa shape index (κ3) is 4.30. The minimum atomic E-state index is -0.826. The second kappa shape index (κ2) is 8.26. The van der Waals surface area contributed by atoms with Crippen LogP contribution in [-0.4, -0.2) is 39.2 Å². The van der Waals surface area contributed by atoms with E-state index in [2.05, 4.69) is 4.98 Å². The van der Waals surface area contributed by atoms with Crippen LogP contribution in [0.1, 0.15) is 30.5 Å². The largest absolute Gasteiger partial charge is 0.486 e. The maximum atomic E-state index is 12.9. The Labute approximate surface area is 159 Å². The van der Waals surface area contributed by atoms with Crippen LogP contribution in [0, 0.1) is 5.82 Å². The number of amides is 4. The molecule has 1 aromatic heterocycles. The lowest BCUT2D eigenvalue weighted by Gasteiger charge is -2.14. The molecular weight excluding hydrogens is 373 g/mol. The van der Waals surface area contributed by atoms with Gasteiger partial charge in [-0.15, -0.1) is 11.3 Å². The topological polar surface area (TPSA) is 79.8 Å². The van der Waals surface area contributed by atoms with Crippen LogP contribution in [0.5, 0.6) is 5.75 Å². The van der Waals surface area contributed by atoms with E-state index in [0.717, 1.165) is 16.2 Å². The van der Waals surface area contributed by atoms with Gasteiger partial charge >= 0.3 is 17.8 Å². The highest BCUT2D eigenvalue weighted by Gasteiger charge is 2.44. The van der Waals surface area contributed by atoms with Crippen molar-refractivity contribution in [2.75, 3.05) is 6.54 Å². The number of urea groups is 1. The van der Waals surface area contributed by atoms with Gasteiger partial charge in [0.25, 0.3) is 0 Å². The molecule has 0 aliphatic carbocycles. The first-order valence-corrected chi connectivity index (χ1v) is 9.36. The highest BCUT2D eigenvalue weighted by atomic mass is 32.1. The zero-order valence-electron chi connectivity index (χ0n) is 14.7. The molecule has 9 heteroatoms. The predicted molar refractivity (Wildman–Crippen MR) is 95.4 cm³/mol. The summed E-state index contributed by atoms with van der Waals surface area (Å²) in [5, 5.41) is 2.35. The molecule has 0 unspecified atom stereocenters. The molecule has 1 saturated heterocycles. The van der Waals surface area contributed by atoms with Crippen LogP contribution >= 0.6 is 11.3 Å². The Morgan fingerprint density at radius 3 is 2.52 bits per heavy atom. The van der Waals surface area contributed by atoms with Crippen molar-refractivity contribution in [3.63, 3.8) is 0 Å². The van der Waals surface area contributed by atoms with Gasteiger partial charge in [-0.25, -0.2) is 19.1 Å². The third-order valence-corrected chi connectivity index (χ3v) is 4.84. The van der Waals surface area contributed by atoms with Gasteiger partial charge in [-0.05, 0) is 30.7 Å². The molecule has 1 aromatic carbocycles. The molecule has 7 nitrogen and oxygen atoms in total. The van der Waals surface area contributed by atoms with Crippen LogP contribution in [0.3, 0.4) is 0 Å². The fourth-order valence-corrected chi connectivity index (χ4v) is 3.23. The maximum Gasteiger partial charge on any atom is 0.334 e. The average Bonchev–Trinajstić information content (AvgIpc) is 3.19. The number of ether oxygens (including phenoxy) is 1. The van der Waals surface area contributed by atoms with Crippen LogP contribution in [0.15, 0.2) is 29.6 Å². The number of carbonyl (C=O) groups is 3. The molecular formula is C18H18FN3O4S. The summed E-state index contributed by atoms with van der Waals surface area (Å²) in [6.07, 6.45) is 1.47. The molecule has 4 amide bonds. The van der Waals surface area contributed by atoms with Gasteiger partial charge in [0.1, 0.15) is 23.2 Å². The van der Waals surface area contributed by atoms with E-state index in [4.69, 9.17) is 4.74 Å². The van der Waals surface area contributed by atoms with Crippen LogP contribution in [0.2, 0.25) is 0 Å². The summed E-state index contributed by atoms with van der Waals surface area (Å²) in [6, 6.07) is 5.03. The molecule has 2 heterocycles. The number of carbonyl (C=O) groups excluding carboxylic acids is 3. The Hall–Kier alpha value is -2.81. The molecule has 0 saturated carbocycles. The van der Waals surface area contributed by atoms with Crippen molar-refractivity contribution in [1.82, 2.24) is 14.8 Å². The van der Waals surface area contributed by atoms with Crippen molar-refractivity contribution >= 4 is 29.2 Å². The third-order valence-electron chi connectivity index (χ3n) is 3.97. The highest BCUT2D eigenvalue weighted by molar-refractivity contribution is 7.09. The van der Waals surface area contributed by atoms with Crippen molar-refractivity contribution in [1.29, 1.82) is 0 Å². The number of unbranched alkanes of at least 4 members (excludes halogenated alkanes) is 1. The zero-order valence-corrected chi connectivity index (χ0v) is 15.5. The number of benzene rings is 1. The molecule has 0 atom stereocenters. The van der Waals surface area contributed by atoms with Crippen molar-refractivity contribution in [3.05, 3.63) is 46.2 Å². The lowest BCUT2D eigenvalue weighted by molar-refractivity contribution is -0.143. The minimum absolute atomic E-state index is 0.0565. The van der Waals surface area contributed by atoms with E-state index in [-0.39, 0.29) is 25.5 Å². The standard InChI is InChI=1S/C18H18FN3O4S/c1-2-3-8-21-16(23)17(24)22(18(21)25)9-13-11-27-15(20-13)10-26-14-6-4-12(19)5-7-14/h4-7,11H,2-3,8-10H2,1H3. The van der Waals surface area contributed by atoms with E-state index < -0.39 is 17.8 Å². The summed E-state index contributed by atoms with van der Waals surface area (Å²) in [5.74, 6) is -1.45. The van der Waals surface area contributed by atoms with Crippen molar-refractivity contribution in [2.24, 2.45) is 0 Å². The van der Waals surface area contributed by atoms with Gasteiger partial charge in [0.2, 0.25) is 0 Å². The molecule has 3 rings (SSSR count). The fourth-order valence-electron chi connectivity index (χ4n) is 2.53. The Balaban J connectivity index is 1.60. The number of hydrogen-bond donors (Lipinski definition) is 0. The Morgan fingerprint density at radius 1 is 1.11 bits per heavy atom. The number of nitrogens with zero attached hydrogens (tertiary/aromatic N) is 3. The summed E-state index contributed by atoms with van der Waals surface area (Å²) in [6.45, 7) is 2.30. The van der Waals surface area contributed by atoms with Crippen LogP contribution in [0.25, 0.3) is 0 Å². The second-order valence-corrected chi connectivity index (χ2v) is 6.90. The molecule has 0 bridgehead atoms. The quantitative estimate of drug-likeness (QED) is 0.511. The lowest BCUT2D eigenvalue weighted by Crippen LogP contribution is -2.33. The zero-order chi connectivity index (χ0) is 19.4. The van der Waals surface area contributed by atoms with E-state index in [9.17, 15) is 18.8 Å². The van der Waals surface area contributed by atoms with Gasteiger partial charge < -0.3 is 4.74 Å². The smallest absolute Gasteiger partial charge is 0.334 e. The minimum Gasteiger partial charge on any atom is -0.486 e. The van der Waals surface area contributed by atoms with Crippen molar-refractivity contribution in [2.45, 2.75) is 32.9 Å². The van der Waals surface area contributed by atoms with E-state index in [1.807, 2.05) is 6.92 Å². The van der Waals surface area contributed by atoms with Crippen LogP contribution < -0.4 is 4.74 Å². The number of rotatable bonds is 8.